The Kier molecular flexibility index (Phi) is 3.96. The zero-order valence-corrected chi connectivity index (χ0v) is 11.3. The maximum absolute atomic E-state index is 13.6. The quantitative estimate of drug-likeness (QED) is 0.883. The van der Waals surface area contributed by atoms with Crippen LogP contribution >= 0.6 is 0 Å². The van der Waals surface area contributed by atoms with Gasteiger partial charge in [0.25, 0.3) is 0 Å². The first-order valence-electron chi connectivity index (χ1n) is 6.22. The highest BCUT2D eigenvalue weighted by molar-refractivity contribution is 5.35. The molecule has 2 aromatic carbocycles. The molecule has 0 aliphatic rings. The van der Waals surface area contributed by atoms with Gasteiger partial charge in [-0.1, -0.05) is 24.3 Å². The van der Waals surface area contributed by atoms with Crippen LogP contribution in [-0.2, 0) is 0 Å². The van der Waals surface area contributed by atoms with Crippen LogP contribution in [0.2, 0.25) is 0 Å². The average molecular weight is 261 g/mol. The van der Waals surface area contributed by atoms with Crippen molar-refractivity contribution < 1.29 is 8.78 Å². The van der Waals surface area contributed by atoms with Crippen molar-refractivity contribution in [3.05, 3.63) is 70.3 Å². The summed E-state index contributed by atoms with van der Waals surface area (Å²) in [5.74, 6) is -0.490. The molecule has 3 heteroatoms. The highest BCUT2D eigenvalue weighted by Gasteiger charge is 2.14. The Bertz CT molecular complexity index is 542. The zero-order chi connectivity index (χ0) is 14.0. The molecule has 0 unspecified atom stereocenters. The number of nitrogens with one attached hydrogen (secondary N) is 1. The average Bonchev–Trinajstić information content (AvgIpc) is 2.39. The predicted octanol–water partition coefficient (Wildman–Crippen LogP) is 3.89. The molecular formula is C16H17F2N. The maximum atomic E-state index is 13.6. The number of rotatable bonds is 3. The molecule has 0 fully saturated rings. The van der Waals surface area contributed by atoms with E-state index >= 15 is 0 Å². The summed E-state index contributed by atoms with van der Waals surface area (Å²) in [6.45, 7) is 3.44. The Morgan fingerprint density at radius 1 is 0.842 bits per heavy atom. The Hall–Kier alpha value is -1.74. The van der Waals surface area contributed by atoms with E-state index in [4.69, 9.17) is 0 Å². The summed E-state index contributed by atoms with van der Waals surface area (Å²) >= 11 is 0. The molecule has 0 heterocycles. The number of hydrogen-bond donors (Lipinski definition) is 1. The van der Waals surface area contributed by atoms with Crippen LogP contribution in [0.3, 0.4) is 0 Å². The third-order valence-corrected chi connectivity index (χ3v) is 3.35. The number of hydrogen-bond acceptors (Lipinski definition) is 1. The summed E-state index contributed by atoms with van der Waals surface area (Å²) in [7, 11) is 1.78. The molecule has 1 nitrogen and oxygen atoms in total. The van der Waals surface area contributed by atoms with E-state index in [2.05, 4.69) is 5.32 Å². The van der Waals surface area contributed by atoms with Gasteiger partial charge in [-0.3, -0.25) is 0 Å². The lowest BCUT2D eigenvalue weighted by atomic mass is 9.97. The minimum atomic E-state index is -0.245. The first kappa shape index (κ1) is 13.7. The van der Waals surface area contributed by atoms with E-state index in [9.17, 15) is 8.78 Å². The molecule has 0 aliphatic carbocycles. The Morgan fingerprint density at radius 2 is 1.26 bits per heavy atom. The van der Waals surface area contributed by atoms with E-state index in [1.54, 1.807) is 33.0 Å². The Morgan fingerprint density at radius 3 is 1.58 bits per heavy atom. The molecule has 100 valence electrons. The van der Waals surface area contributed by atoms with Crippen molar-refractivity contribution in [2.45, 2.75) is 19.9 Å². The first-order valence-corrected chi connectivity index (χ1v) is 6.22. The summed E-state index contributed by atoms with van der Waals surface area (Å²) in [5, 5.41) is 3.09. The fourth-order valence-electron chi connectivity index (χ4n) is 2.10. The van der Waals surface area contributed by atoms with Crippen LogP contribution in [0, 0.1) is 25.5 Å². The zero-order valence-electron chi connectivity index (χ0n) is 11.3. The van der Waals surface area contributed by atoms with Crippen molar-refractivity contribution in [2.75, 3.05) is 7.05 Å². The molecule has 2 aromatic rings. The molecule has 0 aromatic heterocycles. The van der Waals surface area contributed by atoms with Gasteiger partial charge >= 0.3 is 0 Å². The highest BCUT2D eigenvalue weighted by atomic mass is 19.1. The van der Waals surface area contributed by atoms with Crippen molar-refractivity contribution in [3.8, 4) is 0 Å². The van der Waals surface area contributed by atoms with E-state index in [1.807, 2.05) is 12.1 Å². The van der Waals surface area contributed by atoms with Gasteiger partial charge in [0.2, 0.25) is 0 Å². The van der Waals surface area contributed by atoms with Gasteiger partial charge in [-0.25, -0.2) is 8.78 Å². The van der Waals surface area contributed by atoms with E-state index in [-0.39, 0.29) is 17.7 Å². The summed E-state index contributed by atoms with van der Waals surface area (Å²) < 4.78 is 27.3. The van der Waals surface area contributed by atoms with Gasteiger partial charge in [0.1, 0.15) is 11.6 Å². The molecule has 0 saturated heterocycles. The topological polar surface area (TPSA) is 12.0 Å². The molecule has 2 rings (SSSR count). The minimum Gasteiger partial charge on any atom is -0.309 e. The second kappa shape index (κ2) is 5.49. The standard InChI is InChI=1S/C16H17F2N/c1-10-4-6-12(8-14(10)17)16(19-3)13-7-5-11(2)15(18)9-13/h4-9,16,19H,1-3H3. The van der Waals surface area contributed by atoms with E-state index in [1.165, 1.54) is 12.1 Å². The molecule has 0 atom stereocenters. The van der Waals surface area contributed by atoms with Crippen molar-refractivity contribution in [2.24, 2.45) is 0 Å². The fraction of sp³-hybridized carbons (Fsp3) is 0.250. The van der Waals surface area contributed by atoms with Gasteiger partial charge in [-0.05, 0) is 55.3 Å². The third-order valence-electron chi connectivity index (χ3n) is 3.35. The Labute approximate surface area is 112 Å². The van der Waals surface area contributed by atoms with Gasteiger partial charge in [0.05, 0.1) is 6.04 Å². The van der Waals surface area contributed by atoms with Crippen molar-refractivity contribution in [1.82, 2.24) is 5.32 Å². The molecule has 0 aliphatic heterocycles. The van der Waals surface area contributed by atoms with Crippen LogP contribution in [0.5, 0.6) is 0 Å². The molecule has 0 amide bonds. The van der Waals surface area contributed by atoms with Gasteiger partial charge in [-0.2, -0.15) is 0 Å². The van der Waals surface area contributed by atoms with Gasteiger partial charge in [-0.15, -0.1) is 0 Å². The van der Waals surface area contributed by atoms with Crippen LogP contribution in [0.4, 0.5) is 8.78 Å². The third kappa shape index (κ3) is 2.82. The largest absolute Gasteiger partial charge is 0.309 e. The molecule has 1 N–H and O–H groups in total. The van der Waals surface area contributed by atoms with Crippen LogP contribution < -0.4 is 5.32 Å². The lowest BCUT2D eigenvalue weighted by Crippen LogP contribution is -2.18. The van der Waals surface area contributed by atoms with Crippen molar-refractivity contribution in [1.29, 1.82) is 0 Å². The van der Waals surface area contributed by atoms with Gasteiger partial charge in [0, 0.05) is 0 Å². The van der Waals surface area contributed by atoms with Crippen LogP contribution in [0.25, 0.3) is 0 Å². The highest BCUT2D eigenvalue weighted by Crippen LogP contribution is 2.24. The molecule has 0 radical (unpaired) electrons. The van der Waals surface area contributed by atoms with Crippen LogP contribution in [-0.4, -0.2) is 7.05 Å². The number of benzene rings is 2. The smallest absolute Gasteiger partial charge is 0.126 e. The monoisotopic (exact) mass is 261 g/mol. The summed E-state index contributed by atoms with van der Waals surface area (Å²) in [4.78, 5) is 0. The maximum Gasteiger partial charge on any atom is 0.126 e. The molecule has 0 bridgehead atoms. The lowest BCUT2D eigenvalue weighted by molar-refractivity contribution is 0.600. The molecule has 0 spiro atoms. The van der Waals surface area contributed by atoms with E-state index in [0.717, 1.165) is 11.1 Å². The first-order chi connectivity index (χ1) is 9.02. The summed E-state index contributed by atoms with van der Waals surface area (Å²) in [5.41, 5.74) is 2.78. The van der Waals surface area contributed by atoms with Crippen molar-refractivity contribution in [3.63, 3.8) is 0 Å². The van der Waals surface area contributed by atoms with E-state index in [0.29, 0.717) is 11.1 Å². The molecule has 19 heavy (non-hydrogen) atoms. The lowest BCUT2D eigenvalue weighted by Gasteiger charge is -2.18. The number of aryl methyl sites for hydroxylation is 2. The predicted molar refractivity (Wildman–Crippen MR) is 73.2 cm³/mol. The van der Waals surface area contributed by atoms with E-state index < -0.39 is 0 Å². The minimum absolute atomic E-state index is 0.217. The Balaban J connectivity index is 2.43. The van der Waals surface area contributed by atoms with Gasteiger partial charge < -0.3 is 5.32 Å². The normalized spacial score (nSPS) is 11.1. The SMILES string of the molecule is CNC(c1ccc(C)c(F)c1)c1ccc(C)c(F)c1. The number of halogens is 2. The van der Waals surface area contributed by atoms with Crippen LogP contribution in [0.1, 0.15) is 28.3 Å². The second-order valence-corrected chi connectivity index (χ2v) is 4.74. The summed E-state index contributed by atoms with van der Waals surface area (Å²) in [6.07, 6.45) is 0. The van der Waals surface area contributed by atoms with Crippen LogP contribution in [0.15, 0.2) is 36.4 Å². The molecular weight excluding hydrogens is 244 g/mol. The molecule has 0 saturated carbocycles. The fourth-order valence-corrected chi connectivity index (χ4v) is 2.10. The summed E-state index contributed by atoms with van der Waals surface area (Å²) in [6, 6.07) is 9.96. The van der Waals surface area contributed by atoms with Crippen molar-refractivity contribution >= 4 is 0 Å². The second-order valence-electron chi connectivity index (χ2n) is 4.74. The van der Waals surface area contributed by atoms with Gasteiger partial charge in [0.15, 0.2) is 0 Å².